The summed E-state index contributed by atoms with van der Waals surface area (Å²) >= 11 is 0. The van der Waals surface area contributed by atoms with E-state index in [1.807, 2.05) is 60.4 Å². The van der Waals surface area contributed by atoms with Gasteiger partial charge in [0, 0.05) is 25.2 Å². The SMILES string of the molecule is CCN(C(=O)CCNCCc1ccccc1OC)c1ccccc1. The maximum atomic E-state index is 12.4. The van der Waals surface area contributed by atoms with Crippen molar-refractivity contribution in [2.45, 2.75) is 19.8 Å². The van der Waals surface area contributed by atoms with Gasteiger partial charge < -0.3 is 15.0 Å². The Hall–Kier alpha value is -2.33. The molecule has 0 atom stereocenters. The van der Waals surface area contributed by atoms with Crippen molar-refractivity contribution in [1.29, 1.82) is 0 Å². The summed E-state index contributed by atoms with van der Waals surface area (Å²) in [4.78, 5) is 14.2. The Morgan fingerprint density at radius 3 is 2.46 bits per heavy atom. The van der Waals surface area contributed by atoms with Gasteiger partial charge in [0.15, 0.2) is 0 Å². The highest BCUT2D eigenvalue weighted by atomic mass is 16.5. The van der Waals surface area contributed by atoms with Crippen LogP contribution in [0, 0.1) is 0 Å². The van der Waals surface area contributed by atoms with Gasteiger partial charge in [-0.1, -0.05) is 36.4 Å². The first-order chi connectivity index (χ1) is 11.8. The number of benzene rings is 2. The number of methoxy groups -OCH3 is 1. The summed E-state index contributed by atoms with van der Waals surface area (Å²) in [6.07, 6.45) is 1.38. The third-order valence-electron chi connectivity index (χ3n) is 3.96. The molecule has 0 bridgehead atoms. The Morgan fingerprint density at radius 1 is 1.04 bits per heavy atom. The minimum Gasteiger partial charge on any atom is -0.496 e. The fourth-order valence-electron chi connectivity index (χ4n) is 2.70. The van der Waals surface area contributed by atoms with Gasteiger partial charge in [0.05, 0.1) is 7.11 Å². The van der Waals surface area contributed by atoms with E-state index in [9.17, 15) is 4.79 Å². The van der Waals surface area contributed by atoms with E-state index in [-0.39, 0.29) is 5.91 Å². The van der Waals surface area contributed by atoms with Crippen LogP contribution in [0.4, 0.5) is 5.69 Å². The van der Waals surface area contributed by atoms with E-state index in [2.05, 4.69) is 11.4 Å². The highest BCUT2D eigenvalue weighted by Gasteiger charge is 2.12. The molecule has 2 aromatic carbocycles. The number of hydrogen-bond donors (Lipinski definition) is 1. The zero-order valence-electron chi connectivity index (χ0n) is 14.5. The molecule has 0 fully saturated rings. The van der Waals surface area contributed by atoms with Crippen LogP contribution in [0.25, 0.3) is 0 Å². The van der Waals surface area contributed by atoms with Crippen molar-refractivity contribution in [1.82, 2.24) is 5.32 Å². The van der Waals surface area contributed by atoms with Crippen LogP contribution in [0.3, 0.4) is 0 Å². The summed E-state index contributed by atoms with van der Waals surface area (Å²) in [6, 6.07) is 17.8. The van der Waals surface area contributed by atoms with Crippen LogP contribution in [0.2, 0.25) is 0 Å². The average Bonchev–Trinajstić information content (AvgIpc) is 2.63. The fraction of sp³-hybridized carbons (Fsp3) is 0.350. The summed E-state index contributed by atoms with van der Waals surface area (Å²) < 4.78 is 5.35. The fourth-order valence-corrected chi connectivity index (χ4v) is 2.70. The van der Waals surface area contributed by atoms with Gasteiger partial charge in [0.1, 0.15) is 5.75 Å². The van der Waals surface area contributed by atoms with Crippen molar-refractivity contribution in [3.63, 3.8) is 0 Å². The van der Waals surface area contributed by atoms with Gasteiger partial charge in [-0.3, -0.25) is 4.79 Å². The molecular weight excluding hydrogens is 300 g/mol. The number of carbonyl (C=O) groups is 1. The van der Waals surface area contributed by atoms with Crippen molar-refractivity contribution in [2.75, 3.05) is 31.6 Å². The molecule has 24 heavy (non-hydrogen) atoms. The summed E-state index contributed by atoms with van der Waals surface area (Å²) in [5.74, 6) is 1.06. The third kappa shape index (κ3) is 5.10. The first-order valence-electron chi connectivity index (χ1n) is 8.44. The lowest BCUT2D eigenvalue weighted by Gasteiger charge is -2.21. The lowest BCUT2D eigenvalue weighted by atomic mass is 10.1. The Bertz CT molecular complexity index is 629. The lowest BCUT2D eigenvalue weighted by molar-refractivity contribution is -0.118. The molecule has 0 saturated carbocycles. The van der Waals surface area contributed by atoms with Crippen LogP contribution < -0.4 is 15.0 Å². The summed E-state index contributed by atoms with van der Waals surface area (Å²) in [6.45, 7) is 4.19. The number of amides is 1. The number of hydrogen-bond acceptors (Lipinski definition) is 3. The van der Waals surface area contributed by atoms with Crippen molar-refractivity contribution < 1.29 is 9.53 Å². The number of carbonyl (C=O) groups excluding carboxylic acids is 1. The number of para-hydroxylation sites is 2. The van der Waals surface area contributed by atoms with E-state index >= 15 is 0 Å². The van der Waals surface area contributed by atoms with E-state index in [1.165, 1.54) is 5.56 Å². The molecular formula is C20H26N2O2. The van der Waals surface area contributed by atoms with Crippen LogP contribution in [0.5, 0.6) is 5.75 Å². The Kier molecular flexibility index (Phi) is 7.30. The van der Waals surface area contributed by atoms with Crippen LogP contribution >= 0.6 is 0 Å². The second-order valence-corrected chi connectivity index (χ2v) is 5.54. The van der Waals surface area contributed by atoms with Crippen LogP contribution in [-0.4, -0.2) is 32.7 Å². The summed E-state index contributed by atoms with van der Waals surface area (Å²) in [7, 11) is 1.69. The molecule has 0 aliphatic rings. The Balaban J connectivity index is 1.74. The Morgan fingerprint density at radius 2 is 1.75 bits per heavy atom. The Labute approximate surface area is 144 Å². The molecule has 0 saturated heterocycles. The van der Waals surface area contributed by atoms with E-state index in [4.69, 9.17) is 4.74 Å². The summed E-state index contributed by atoms with van der Waals surface area (Å²) in [5, 5.41) is 3.34. The highest BCUT2D eigenvalue weighted by Crippen LogP contribution is 2.17. The van der Waals surface area contributed by atoms with Gasteiger partial charge in [-0.2, -0.15) is 0 Å². The molecule has 0 aliphatic heterocycles. The zero-order valence-corrected chi connectivity index (χ0v) is 14.5. The predicted molar refractivity (Wildman–Crippen MR) is 98.7 cm³/mol. The average molecular weight is 326 g/mol. The van der Waals surface area contributed by atoms with Gasteiger partial charge >= 0.3 is 0 Å². The number of rotatable bonds is 9. The molecule has 0 unspecified atom stereocenters. The van der Waals surface area contributed by atoms with E-state index < -0.39 is 0 Å². The number of anilines is 1. The van der Waals surface area contributed by atoms with Gasteiger partial charge in [0.25, 0.3) is 0 Å². The molecule has 128 valence electrons. The lowest BCUT2D eigenvalue weighted by Crippen LogP contribution is -2.33. The van der Waals surface area contributed by atoms with Crippen molar-refractivity contribution in [3.05, 3.63) is 60.2 Å². The molecule has 0 aliphatic carbocycles. The number of ether oxygens (including phenoxy) is 1. The van der Waals surface area contributed by atoms with Crippen molar-refractivity contribution in [3.8, 4) is 5.75 Å². The minimum atomic E-state index is 0.147. The first kappa shape index (κ1) is 18.0. The number of nitrogens with one attached hydrogen (secondary N) is 1. The predicted octanol–water partition coefficient (Wildman–Crippen LogP) is 3.27. The topological polar surface area (TPSA) is 41.6 Å². The second kappa shape index (κ2) is 9.73. The zero-order chi connectivity index (χ0) is 17.2. The van der Waals surface area contributed by atoms with Gasteiger partial charge in [0.2, 0.25) is 5.91 Å². The molecule has 0 heterocycles. The quantitative estimate of drug-likeness (QED) is 0.719. The monoisotopic (exact) mass is 326 g/mol. The maximum Gasteiger partial charge on any atom is 0.228 e. The molecule has 2 rings (SSSR count). The molecule has 1 amide bonds. The van der Waals surface area contributed by atoms with E-state index in [0.717, 1.165) is 24.4 Å². The third-order valence-corrected chi connectivity index (χ3v) is 3.96. The second-order valence-electron chi connectivity index (χ2n) is 5.54. The van der Waals surface area contributed by atoms with Crippen LogP contribution in [0.1, 0.15) is 18.9 Å². The molecule has 1 N–H and O–H groups in total. The summed E-state index contributed by atoms with van der Waals surface area (Å²) in [5.41, 5.74) is 2.14. The van der Waals surface area contributed by atoms with Gasteiger partial charge in [-0.25, -0.2) is 0 Å². The van der Waals surface area contributed by atoms with Crippen molar-refractivity contribution >= 4 is 11.6 Å². The molecule has 2 aromatic rings. The van der Waals surface area contributed by atoms with Gasteiger partial charge in [-0.05, 0) is 43.7 Å². The first-order valence-corrected chi connectivity index (χ1v) is 8.44. The van der Waals surface area contributed by atoms with Crippen LogP contribution in [0.15, 0.2) is 54.6 Å². The van der Waals surface area contributed by atoms with E-state index in [0.29, 0.717) is 19.5 Å². The molecule has 0 aromatic heterocycles. The molecule has 4 heteroatoms. The van der Waals surface area contributed by atoms with Gasteiger partial charge in [-0.15, -0.1) is 0 Å². The van der Waals surface area contributed by atoms with E-state index in [1.54, 1.807) is 7.11 Å². The standard InChI is InChI=1S/C20H26N2O2/c1-3-22(18-10-5-4-6-11-18)20(23)14-16-21-15-13-17-9-7-8-12-19(17)24-2/h4-12,21H,3,13-16H2,1-2H3. The molecule has 0 spiro atoms. The largest absolute Gasteiger partial charge is 0.496 e. The molecule has 0 radical (unpaired) electrons. The minimum absolute atomic E-state index is 0.147. The normalized spacial score (nSPS) is 10.4. The number of nitrogens with zero attached hydrogens (tertiary/aromatic N) is 1. The highest BCUT2D eigenvalue weighted by molar-refractivity contribution is 5.93. The van der Waals surface area contributed by atoms with Crippen LogP contribution in [-0.2, 0) is 11.2 Å². The smallest absolute Gasteiger partial charge is 0.228 e. The maximum absolute atomic E-state index is 12.4. The van der Waals surface area contributed by atoms with Crippen molar-refractivity contribution in [2.24, 2.45) is 0 Å². The molecule has 4 nitrogen and oxygen atoms in total.